The Morgan fingerprint density at radius 1 is 1.53 bits per heavy atom. The van der Waals surface area contributed by atoms with Crippen LogP contribution < -0.4 is 4.74 Å². The van der Waals surface area contributed by atoms with Gasteiger partial charge in [-0.2, -0.15) is 0 Å². The predicted molar refractivity (Wildman–Crippen MR) is 65.0 cm³/mol. The number of halogens is 2. The van der Waals surface area contributed by atoms with Crippen LogP contribution in [0.1, 0.15) is 23.7 Å². The van der Waals surface area contributed by atoms with Crippen molar-refractivity contribution in [3.63, 3.8) is 0 Å². The molecule has 1 aromatic rings. The lowest BCUT2D eigenvalue weighted by molar-refractivity contribution is 0.0988. The standard InChI is InChI=1S/C11H12BrClO2/c1-2-15-8-3-4-9(10(12)7-8)11(14)5-6-13/h3-4,7H,2,5-6H2,1H3. The Hall–Kier alpha value is -0.540. The minimum absolute atomic E-state index is 0.0416. The van der Waals surface area contributed by atoms with E-state index in [2.05, 4.69) is 15.9 Å². The summed E-state index contributed by atoms with van der Waals surface area (Å²) >= 11 is 8.86. The van der Waals surface area contributed by atoms with E-state index in [4.69, 9.17) is 16.3 Å². The molecule has 82 valence electrons. The van der Waals surface area contributed by atoms with Crippen molar-refractivity contribution in [3.8, 4) is 5.75 Å². The van der Waals surface area contributed by atoms with E-state index in [1.165, 1.54) is 0 Å². The number of benzene rings is 1. The van der Waals surface area contributed by atoms with Gasteiger partial charge in [0.1, 0.15) is 5.75 Å². The summed E-state index contributed by atoms with van der Waals surface area (Å²) in [6.07, 6.45) is 0.355. The molecule has 0 aliphatic rings. The van der Waals surface area contributed by atoms with Crippen molar-refractivity contribution < 1.29 is 9.53 Å². The average Bonchev–Trinajstić information content (AvgIpc) is 2.18. The Labute approximate surface area is 103 Å². The molecule has 0 fully saturated rings. The molecular weight excluding hydrogens is 279 g/mol. The highest BCUT2D eigenvalue weighted by Crippen LogP contribution is 2.24. The van der Waals surface area contributed by atoms with Crippen molar-refractivity contribution in [1.82, 2.24) is 0 Å². The van der Waals surface area contributed by atoms with Crippen LogP contribution in [0.4, 0.5) is 0 Å². The summed E-state index contributed by atoms with van der Waals surface area (Å²) in [4.78, 5) is 11.6. The van der Waals surface area contributed by atoms with Crippen molar-refractivity contribution >= 4 is 33.3 Å². The van der Waals surface area contributed by atoms with E-state index in [-0.39, 0.29) is 5.78 Å². The van der Waals surface area contributed by atoms with Crippen LogP contribution in [0.25, 0.3) is 0 Å². The minimum Gasteiger partial charge on any atom is -0.494 e. The third-order valence-corrected chi connectivity index (χ3v) is 2.72. The van der Waals surface area contributed by atoms with Gasteiger partial charge >= 0.3 is 0 Å². The number of hydrogen-bond acceptors (Lipinski definition) is 2. The van der Waals surface area contributed by atoms with E-state index in [1.54, 1.807) is 18.2 Å². The van der Waals surface area contributed by atoms with E-state index in [1.807, 2.05) is 6.92 Å². The highest BCUT2D eigenvalue weighted by Gasteiger charge is 2.09. The molecule has 15 heavy (non-hydrogen) atoms. The number of hydrogen-bond donors (Lipinski definition) is 0. The number of ketones is 1. The molecule has 0 spiro atoms. The van der Waals surface area contributed by atoms with Crippen molar-refractivity contribution in [2.45, 2.75) is 13.3 Å². The second kappa shape index (κ2) is 6.13. The number of rotatable bonds is 5. The Morgan fingerprint density at radius 2 is 2.27 bits per heavy atom. The van der Waals surface area contributed by atoms with Gasteiger partial charge in [-0.05, 0) is 41.1 Å². The van der Waals surface area contributed by atoms with E-state index in [0.29, 0.717) is 24.5 Å². The number of carbonyl (C=O) groups is 1. The Balaban J connectivity index is 2.87. The van der Waals surface area contributed by atoms with Gasteiger partial charge in [-0.3, -0.25) is 4.79 Å². The first kappa shape index (κ1) is 12.5. The van der Waals surface area contributed by atoms with Gasteiger partial charge in [-0.15, -0.1) is 11.6 Å². The second-order valence-electron chi connectivity index (χ2n) is 2.94. The molecule has 0 saturated carbocycles. The first-order valence-corrected chi connectivity index (χ1v) is 6.03. The zero-order valence-electron chi connectivity index (χ0n) is 8.43. The zero-order valence-corrected chi connectivity index (χ0v) is 10.8. The topological polar surface area (TPSA) is 26.3 Å². The lowest BCUT2D eigenvalue weighted by Gasteiger charge is -2.06. The first-order valence-electron chi connectivity index (χ1n) is 4.70. The second-order valence-corrected chi connectivity index (χ2v) is 4.17. The summed E-state index contributed by atoms with van der Waals surface area (Å²) < 4.78 is 6.07. The lowest BCUT2D eigenvalue weighted by atomic mass is 10.1. The van der Waals surface area contributed by atoms with Crippen molar-refractivity contribution in [2.75, 3.05) is 12.5 Å². The van der Waals surface area contributed by atoms with Gasteiger partial charge in [0.05, 0.1) is 6.61 Å². The summed E-state index contributed by atoms with van der Waals surface area (Å²) in [7, 11) is 0. The summed E-state index contributed by atoms with van der Waals surface area (Å²) in [5.74, 6) is 1.14. The van der Waals surface area contributed by atoms with Crippen LogP contribution in [0.5, 0.6) is 5.75 Å². The molecule has 4 heteroatoms. The third kappa shape index (κ3) is 3.50. The summed E-state index contributed by atoms with van der Waals surface area (Å²) in [6.45, 7) is 2.53. The monoisotopic (exact) mass is 290 g/mol. The largest absolute Gasteiger partial charge is 0.494 e. The number of Topliss-reactive ketones (excluding diaryl/α,β-unsaturated/α-hetero) is 1. The maximum Gasteiger partial charge on any atom is 0.165 e. The number of carbonyl (C=O) groups excluding carboxylic acids is 1. The minimum atomic E-state index is 0.0416. The maximum absolute atomic E-state index is 11.6. The predicted octanol–water partition coefficient (Wildman–Crippen LogP) is 3.66. The molecule has 0 aliphatic heterocycles. The molecule has 0 aromatic heterocycles. The molecule has 0 radical (unpaired) electrons. The summed E-state index contributed by atoms with van der Waals surface area (Å²) in [5.41, 5.74) is 0.652. The van der Waals surface area contributed by atoms with Crippen LogP contribution in [0.3, 0.4) is 0 Å². The average molecular weight is 292 g/mol. The highest BCUT2D eigenvalue weighted by atomic mass is 79.9. The van der Waals surface area contributed by atoms with Crippen molar-refractivity contribution in [3.05, 3.63) is 28.2 Å². The maximum atomic E-state index is 11.6. The van der Waals surface area contributed by atoms with E-state index < -0.39 is 0 Å². The fourth-order valence-corrected chi connectivity index (χ4v) is 1.95. The molecule has 0 unspecified atom stereocenters. The number of ether oxygens (including phenoxy) is 1. The van der Waals surface area contributed by atoms with Gasteiger partial charge in [-0.25, -0.2) is 0 Å². The van der Waals surface area contributed by atoms with Crippen LogP contribution >= 0.6 is 27.5 Å². The zero-order chi connectivity index (χ0) is 11.3. The molecular formula is C11H12BrClO2. The molecule has 0 N–H and O–H groups in total. The molecule has 0 atom stereocenters. The lowest BCUT2D eigenvalue weighted by Crippen LogP contribution is -2.01. The molecule has 0 saturated heterocycles. The fraction of sp³-hybridized carbons (Fsp3) is 0.364. The quantitative estimate of drug-likeness (QED) is 0.611. The Kier molecular flexibility index (Phi) is 5.12. The number of alkyl halides is 1. The van der Waals surface area contributed by atoms with Gasteiger partial charge in [0, 0.05) is 22.3 Å². The molecule has 0 amide bonds. The van der Waals surface area contributed by atoms with Crippen LogP contribution in [0.2, 0.25) is 0 Å². The van der Waals surface area contributed by atoms with E-state index in [9.17, 15) is 4.79 Å². The van der Waals surface area contributed by atoms with Gasteiger partial charge in [-0.1, -0.05) is 0 Å². The van der Waals surface area contributed by atoms with Crippen LogP contribution in [-0.4, -0.2) is 18.3 Å². The van der Waals surface area contributed by atoms with E-state index >= 15 is 0 Å². The Bertz CT molecular complexity index is 352. The van der Waals surface area contributed by atoms with E-state index in [0.717, 1.165) is 10.2 Å². The van der Waals surface area contributed by atoms with Gasteiger partial charge < -0.3 is 4.74 Å². The van der Waals surface area contributed by atoms with Crippen LogP contribution in [0.15, 0.2) is 22.7 Å². The van der Waals surface area contributed by atoms with Gasteiger partial charge in [0.2, 0.25) is 0 Å². The molecule has 2 nitrogen and oxygen atoms in total. The van der Waals surface area contributed by atoms with Gasteiger partial charge in [0.15, 0.2) is 5.78 Å². The first-order chi connectivity index (χ1) is 7.19. The molecule has 1 aromatic carbocycles. The third-order valence-electron chi connectivity index (χ3n) is 1.87. The fourth-order valence-electron chi connectivity index (χ4n) is 1.20. The normalized spacial score (nSPS) is 10.1. The molecule has 0 aliphatic carbocycles. The summed E-state index contributed by atoms with van der Waals surface area (Å²) in [5, 5.41) is 0. The van der Waals surface area contributed by atoms with Crippen LogP contribution in [0, 0.1) is 0 Å². The molecule has 1 rings (SSSR count). The smallest absolute Gasteiger partial charge is 0.165 e. The highest BCUT2D eigenvalue weighted by molar-refractivity contribution is 9.10. The van der Waals surface area contributed by atoms with Gasteiger partial charge in [0.25, 0.3) is 0 Å². The molecule has 0 heterocycles. The Morgan fingerprint density at radius 3 is 2.80 bits per heavy atom. The summed E-state index contributed by atoms with van der Waals surface area (Å²) in [6, 6.07) is 5.34. The molecule has 0 bridgehead atoms. The van der Waals surface area contributed by atoms with Crippen molar-refractivity contribution in [2.24, 2.45) is 0 Å². The van der Waals surface area contributed by atoms with Crippen LogP contribution in [-0.2, 0) is 0 Å². The SMILES string of the molecule is CCOc1ccc(C(=O)CCCl)c(Br)c1. The van der Waals surface area contributed by atoms with Crippen molar-refractivity contribution in [1.29, 1.82) is 0 Å².